The molecule has 0 amide bonds. The van der Waals surface area contributed by atoms with E-state index >= 15 is 0 Å². The molecule has 0 spiro atoms. The van der Waals surface area contributed by atoms with Gasteiger partial charge in [-0.25, -0.2) is 0 Å². The van der Waals surface area contributed by atoms with Crippen LogP contribution < -0.4 is 5.73 Å². The van der Waals surface area contributed by atoms with Crippen molar-refractivity contribution in [2.24, 2.45) is 5.73 Å². The van der Waals surface area contributed by atoms with Gasteiger partial charge in [0, 0.05) is 19.1 Å². The normalized spacial score (nSPS) is 29.2. The molecule has 1 saturated heterocycles. The Morgan fingerprint density at radius 1 is 1.60 bits per heavy atom. The van der Waals surface area contributed by atoms with Gasteiger partial charge in [-0.3, -0.25) is 0 Å². The lowest BCUT2D eigenvalue weighted by molar-refractivity contribution is 0.434. The van der Waals surface area contributed by atoms with Gasteiger partial charge in [-0.15, -0.1) is 0 Å². The predicted molar refractivity (Wildman–Crippen MR) is 34.2 cm³/mol. The van der Waals surface area contributed by atoms with Crippen molar-refractivity contribution in [2.75, 3.05) is 13.1 Å². The molecule has 0 aromatic carbocycles. The summed E-state index contributed by atoms with van der Waals surface area (Å²) in [4.78, 5) is 0. The molecule has 1 rings (SSSR count). The van der Waals surface area contributed by atoms with E-state index in [2.05, 4.69) is 0 Å². The van der Waals surface area contributed by atoms with Crippen molar-refractivity contribution in [3.8, 4) is 0 Å². The SMILES string of the molecule is NC1CCN(S(=O)(=O)F)C1. The summed E-state index contributed by atoms with van der Waals surface area (Å²) in [7, 11) is -4.48. The van der Waals surface area contributed by atoms with Crippen LogP contribution in [0.4, 0.5) is 3.89 Å². The number of halogens is 1. The van der Waals surface area contributed by atoms with E-state index in [1.54, 1.807) is 0 Å². The minimum Gasteiger partial charge on any atom is -0.326 e. The monoisotopic (exact) mass is 168 g/mol. The molecule has 1 unspecified atom stereocenters. The lowest BCUT2D eigenvalue weighted by Crippen LogP contribution is -2.29. The maximum absolute atomic E-state index is 12.1. The van der Waals surface area contributed by atoms with E-state index in [9.17, 15) is 12.3 Å². The quantitative estimate of drug-likeness (QED) is 0.523. The molecule has 60 valence electrons. The second-order valence-corrected chi connectivity index (χ2v) is 3.69. The van der Waals surface area contributed by atoms with Crippen LogP contribution in [-0.4, -0.2) is 31.9 Å². The maximum atomic E-state index is 12.1. The van der Waals surface area contributed by atoms with Gasteiger partial charge in [-0.05, 0) is 6.42 Å². The van der Waals surface area contributed by atoms with E-state index in [4.69, 9.17) is 5.73 Å². The lowest BCUT2D eigenvalue weighted by Gasteiger charge is -2.06. The molecule has 0 radical (unpaired) electrons. The Kier molecular flexibility index (Phi) is 1.93. The summed E-state index contributed by atoms with van der Waals surface area (Å²) in [5.41, 5.74) is 5.35. The molecule has 1 aliphatic rings. The van der Waals surface area contributed by atoms with Gasteiger partial charge in [0.25, 0.3) is 0 Å². The Morgan fingerprint density at radius 3 is 2.40 bits per heavy atom. The van der Waals surface area contributed by atoms with Crippen LogP contribution in [0.2, 0.25) is 0 Å². The van der Waals surface area contributed by atoms with E-state index in [1.807, 2.05) is 0 Å². The van der Waals surface area contributed by atoms with E-state index in [1.165, 1.54) is 0 Å². The maximum Gasteiger partial charge on any atom is 0.374 e. The molecular weight excluding hydrogens is 159 g/mol. The van der Waals surface area contributed by atoms with Gasteiger partial charge < -0.3 is 5.73 Å². The molecule has 10 heavy (non-hydrogen) atoms. The van der Waals surface area contributed by atoms with Gasteiger partial charge >= 0.3 is 10.4 Å². The number of hydrogen-bond acceptors (Lipinski definition) is 3. The fourth-order valence-electron chi connectivity index (χ4n) is 0.952. The van der Waals surface area contributed by atoms with Gasteiger partial charge in [0.2, 0.25) is 0 Å². The van der Waals surface area contributed by atoms with Crippen molar-refractivity contribution >= 4 is 10.4 Å². The minimum absolute atomic E-state index is 0.110. The first-order chi connectivity index (χ1) is 4.50. The van der Waals surface area contributed by atoms with E-state index < -0.39 is 10.4 Å². The summed E-state index contributed by atoms with van der Waals surface area (Å²) in [6.45, 7) is 0.318. The Balaban J connectivity index is 2.62. The van der Waals surface area contributed by atoms with Gasteiger partial charge in [0.1, 0.15) is 0 Å². The van der Waals surface area contributed by atoms with Crippen LogP contribution in [0.3, 0.4) is 0 Å². The van der Waals surface area contributed by atoms with Crippen molar-refractivity contribution < 1.29 is 12.3 Å². The molecule has 1 atom stereocenters. The fraction of sp³-hybridized carbons (Fsp3) is 1.00. The van der Waals surface area contributed by atoms with Gasteiger partial charge in [0.15, 0.2) is 0 Å². The summed E-state index contributed by atoms with van der Waals surface area (Å²) < 4.78 is 33.2. The Bertz CT molecular complexity index is 215. The molecule has 0 aromatic heterocycles. The highest BCUT2D eigenvalue weighted by Gasteiger charge is 2.28. The highest BCUT2D eigenvalue weighted by atomic mass is 32.3. The van der Waals surface area contributed by atoms with E-state index in [-0.39, 0.29) is 19.1 Å². The van der Waals surface area contributed by atoms with Crippen LogP contribution >= 0.6 is 0 Å². The number of nitrogens with zero attached hydrogens (tertiary/aromatic N) is 1. The summed E-state index contributed by atoms with van der Waals surface area (Å²) in [6.07, 6.45) is 0.545. The highest BCUT2D eigenvalue weighted by molar-refractivity contribution is 7.83. The first-order valence-corrected chi connectivity index (χ1v) is 4.29. The van der Waals surface area contributed by atoms with Crippen LogP contribution in [0.25, 0.3) is 0 Å². The number of rotatable bonds is 1. The molecular formula is C4H9FN2O2S. The minimum atomic E-state index is -4.48. The Morgan fingerprint density at radius 2 is 2.20 bits per heavy atom. The summed E-state index contributed by atoms with van der Waals surface area (Å²) >= 11 is 0. The van der Waals surface area contributed by atoms with E-state index in [0.717, 1.165) is 4.31 Å². The second-order valence-electron chi connectivity index (χ2n) is 2.35. The van der Waals surface area contributed by atoms with Crippen molar-refractivity contribution in [1.29, 1.82) is 0 Å². The molecule has 0 bridgehead atoms. The molecule has 0 saturated carbocycles. The summed E-state index contributed by atoms with van der Waals surface area (Å²) in [5, 5.41) is 0. The molecule has 0 aromatic rings. The van der Waals surface area contributed by atoms with Crippen molar-refractivity contribution in [1.82, 2.24) is 4.31 Å². The third kappa shape index (κ3) is 1.65. The predicted octanol–water partition coefficient (Wildman–Crippen LogP) is -0.766. The fourth-order valence-corrected chi connectivity index (χ4v) is 1.65. The average molecular weight is 168 g/mol. The zero-order chi connectivity index (χ0) is 7.78. The molecule has 2 N–H and O–H groups in total. The Labute approximate surface area is 59.1 Å². The Hall–Kier alpha value is -0.200. The first-order valence-electron chi connectivity index (χ1n) is 2.95. The zero-order valence-electron chi connectivity index (χ0n) is 5.33. The molecule has 1 aliphatic heterocycles. The standard InChI is InChI=1S/C4H9FN2O2S/c5-10(8,9)7-2-1-4(6)3-7/h4H,1-3,6H2. The summed E-state index contributed by atoms with van der Waals surface area (Å²) in [5.74, 6) is 0. The largest absolute Gasteiger partial charge is 0.374 e. The molecule has 1 fully saturated rings. The average Bonchev–Trinajstić information content (AvgIpc) is 2.11. The van der Waals surface area contributed by atoms with Crippen molar-refractivity contribution in [2.45, 2.75) is 12.5 Å². The van der Waals surface area contributed by atoms with Crippen LogP contribution in [0.15, 0.2) is 0 Å². The number of hydrogen-bond donors (Lipinski definition) is 1. The molecule has 0 aliphatic carbocycles. The number of nitrogens with two attached hydrogens (primary N) is 1. The highest BCUT2D eigenvalue weighted by Crippen LogP contribution is 2.12. The smallest absolute Gasteiger partial charge is 0.326 e. The second kappa shape index (κ2) is 2.44. The van der Waals surface area contributed by atoms with Crippen LogP contribution in [-0.2, 0) is 10.4 Å². The topological polar surface area (TPSA) is 63.4 Å². The molecule has 4 nitrogen and oxygen atoms in total. The van der Waals surface area contributed by atoms with Crippen LogP contribution in [0.5, 0.6) is 0 Å². The van der Waals surface area contributed by atoms with E-state index in [0.29, 0.717) is 6.42 Å². The van der Waals surface area contributed by atoms with Gasteiger partial charge in [0.05, 0.1) is 0 Å². The summed E-state index contributed by atoms with van der Waals surface area (Å²) in [6, 6.07) is -0.203. The zero-order valence-corrected chi connectivity index (χ0v) is 6.14. The van der Waals surface area contributed by atoms with Crippen LogP contribution in [0, 0.1) is 0 Å². The van der Waals surface area contributed by atoms with Crippen molar-refractivity contribution in [3.63, 3.8) is 0 Å². The third-order valence-electron chi connectivity index (χ3n) is 1.50. The third-order valence-corrected chi connectivity index (χ3v) is 2.44. The lowest BCUT2D eigenvalue weighted by atomic mass is 10.3. The van der Waals surface area contributed by atoms with Gasteiger partial charge in [-0.2, -0.15) is 12.7 Å². The molecule has 6 heteroatoms. The molecule has 1 heterocycles. The van der Waals surface area contributed by atoms with Crippen LogP contribution in [0.1, 0.15) is 6.42 Å². The van der Waals surface area contributed by atoms with Gasteiger partial charge in [-0.1, -0.05) is 3.89 Å². The van der Waals surface area contributed by atoms with Crippen molar-refractivity contribution in [3.05, 3.63) is 0 Å². The first kappa shape index (κ1) is 7.90.